The highest BCUT2D eigenvalue weighted by Gasteiger charge is 2.16. The average Bonchev–Trinajstić information content (AvgIpc) is 3.61. The van der Waals surface area contributed by atoms with Crippen LogP contribution in [0.2, 0.25) is 0 Å². The highest BCUT2D eigenvalue weighted by Crippen LogP contribution is 2.37. The van der Waals surface area contributed by atoms with Gasteiger partial charge in [0.15, 0.2) is 5.82 Å². The predicted molar refractivity (Wildman–Crippen MR) is 225 cm³/mol. The molecule has 5 heteroatoms. The van der Waals surface area contributed by atoms with Gasteiger partial charge in [-0.25, -0.2) is 9.97 Å². The molecule has 0 aliphatic carbocycles. The molecule has 258 valence electrons. The summed E-state index contributed by atoms with van der Waals surface area (Å²) in [5, 5.41) is 2.47. The van der Waals surface area contributed by atoms with Crippen molar-refractivity contribution in [1.29, 1.82) is 0 Å². The summed E-state index contributed by atoms with van der Waals surface area (Å²) in [5.74, 6) is 0.658. The molecule has 0 N–H and O–H groups in total. The summed E-state index contributed by atoms with van der Waals surface area (Å²) >= 11 is 0. The molecule has 10 rings (SSSR count). The molecule has 5 nitrogen and oxygen atoms in total. The zero-order valence-electron chi connectivity index (χ0n) is 29.8. The van der Waals surface area contributed by atoms with Crippen molar-refractivity contribution in [2.45, 2.75) is 0 Å². The summed E-state index contributed by atoms with van der Waals surface area (Å²) in [6.45, 7) is 0. The van der Waals surface area contributed by atoms with E-state index in [1.165, 1.54) is 32.9 Å². The highest BCUT2D eigenvalue weighted by molar-refractivity contribution is 6.09. The van der Waals surface area contributed by atoms with E-state index in [9.17, 15) is 0 Å². The van der Waals surface area contributed by atoms with E-state index in [1.54, 1.807) is 24.8 Å². The number of rotatable bonds is 7. The third kappa shape index (κ3) is 6.14. The smallest absolute Gasteiger partial charge is 0.160 e. The first kappa shape index (κ1) is 32.2. The fraction of sp³-hybridized carbons (Fsp3) is 0. The second kappa shape index (κ2) is 13.8. The van der Waals surface area contributed by atoms with Gasteiger partial charge in [-0.1, -0.05) is 109 Å². The molecule has 0 fully saturated rings. The lowest BCUT2D eigenvalue weighted by molar-refractivity contribution is 1.17. The van der Waals surface area contributed by atoms with Crippen LogP contribution in [0.4, 0.5) is 0 Å². The monoisotopic (exact) mass is 703 g/mol. The van der Waals surface area contributed by atoms with Gasteiger partial charge in [0.25, 0.3) is 0 Å². The van der Waals surface area contributed by atoms with Gasteiger partial charge in [0.1, 0.15) is 0 Å². The van der Waals surface area contributed by atoms with Gasteiger partial charge in [-0.3, -0.25) is 9.97 Å². The van der Waals surface area contributed by atoms with Gasteiger partial charge >= 0.3 is 0 Å². The lowest BCUT2D eigenvalue weighted by Crippen LogP contribution is -1.97. The minimum Gasteiger partial charge on any atom is -0.309 e. The number of fused-ring (bicyclic) bond motifs is 3. The van der Waals surface area contributed by atoms with Crippen LogP contribution < -0.4 is 0 Å². The Labute approximate surface area is 318 Å². The Morgan fingerprint density at radius 2 is 0.764 bits per heavy atom. The van der Waals surface area contributed by atoms with Gasteiger partial charge < -0.3 is 4.57 Å². The van der Waals surface area contributed by atoms with E-state index in [-0.39, 0.29) is 0 Å². The van der Waals surface area contributed by atoms with Crippen LogP contribution in [0.1, 0.15) is 0 Å². The van der Waals surface area contributed by atoms with Crippen LogP contribution in [-0.2, 0) is 0 Å². The second-order valence-corrected chi connectivity index (χ2v) is 13.6. The number of hydrogen-bond acceptors (Lipinski definition) is 4. The fourth-order valence-corrected chi connectivity index (χ4v) is 7.51. The van der Waals surface area contributed by atoms with Crippen LogP contribution in [-0.4, -0.2) is 24.5 Å². The maximum Gasteiger partial charge on any atom is 0.160 e. The summed E-state index contributed by atoms with van der Waals surface area (Å²) in [4.78, 5) is 18.5. The SMILES string of the molecule is c1ccc(-c2cccc(-c3cc(-c4ccc(-c5nc(-c6ccncc6)cc(-c6ccncc6)n5)cc4)cc(-n4c5ccccc5c5ccccc54)c3)c2)cc1. The Balaban J connectivity index is 1.12. The molecule has 0 saturated carbocycles. The van der Waals surface area contributed by atoms with Gasteiger partial charge in [0.05, 0.1) is 22.4 Å². The summed E-state index contributed by atoms with van der Waals surface area (Å²) < 4.78 is 2.39. The first-order chi connectivity index (χ1) is 27.2. The van der Waals surface area contributed by atoms with E-state index in [1.807, 2.05) is 30.3 Å². The third-order valence-corrected chi connectivity index (χ3v) is 10.2. The molecule has 0 aliphatic heterocycles. The standard InChI is InChI=1S/C50H33N5/c1-2-9-34(10-3-1)39-11-8-12-40(29-39)42-30-41(31-43(32-42)55-48-15-6-4-13-44(48)45-14-5-7-16-49(45)55)35-17-19-38(20-18-35)50-53-46(36-21-25-51-26-22-36)33-47(54-50)37-23-27-52-28-24-37/h1-33H. The highest BCUT2D eigenvalue weighted by atomic mass is 15.0. The molecular formula is C50H33N5. The van der Waals surface area contributed by atoms with Crippen molar-refractivity contribution in [3.8, 4) is 73.0 Å². The van der Waals surface area contributed by atoms with Gasteiger partial charge in [-0.2, -0.15) is 0 Å². The van der Waals surface area contributed by atoms with Crippen molar-refractivity contribution in [3.05, 3.63) is 201 Å². The van der Waals surface area contributed by atoms with E-state index in [0.29, 0.717) is 5.82 Å². The minimum absolute atomic E-state index is 0.658. The van der Waals surface area contributed by atoms with Gasteiger partial charge in [-0.15, -0.1) is 0 Å². The molecule has 6 aromatic carbocycles. The number of nitrogens with zero attached hydrogens (tertiary/aromatic N) is 5. The number of para-hydroxylation sites is 2. The Morgan fingerprint density at radius 1 is 0.309 bits per heavy atom. The van der Waals surface area contributed by atoms with Crippen molar-refractivity contribution >= 4 is 21.8 Å². The van der Waals surface area contributed by atoms with Crippen molar-refractivity contribution in [3.63, 3.8) is 0 Å². The first-order valence-electron chi connectivity index (χ1n) is 18.4. The number of pyridine rings is 2. The van der Waals surface area contributed by atoms with Crippen LogP contribution in [0.5, 0.6) is 0 Å². The number of benzene rings is 6. The van der Waals surface area contributed by atoms with E-state index < -0.39 is 0 Å². The molecule has 0 atom stereocenters. The predicted octanol–water partition coefficient (Wildman–Crippen LogP) is 12.4. The van der Waals surface area contributed by atoms with Gasteiger partial charge in [0, 0.05) is 57.9 Å². The summed E-state index contributed by atoms with van der Waals surface area (Å²) in [6, 6.07) is 62.2. The Kier molecular flexibility index (Phi) is 8.08. The normalized spacial score (nSPS) is 11.3. The fourth-order valence-electron chi connectivity index (χ4n) is 7.51. The second-order valence-electron chi connectivity index (χ2n) is 13.6. The van der Waals surface area contributed by atoms with Crippen molar-refractivity contribution in [2.24, 2.45) is 0 Å². The molecule has 0 saturated heterocycles. The van der Waals surface area contributed by atoms with Crippen molar-refractivity contribution in [1.82, 2.24) is 24.5 Å². The van der Waals surface area contributed by atoms with E-state index in [0.717, 1.165) is 56.0 Å². The van der Waals surface area contributed by atoms with Crippen molar-refractivity contribution < 1.29 is 0 Å². The number of hydrogen-bond donors (Lipinski definition) is 0. The summed E-state index contributed by atoms with van der Waals surface area (Å²) in [7, 11) is 0. The quantitative estimate of drug-likeness (QED) is 0.166. The zero-order valence-corrected chi connectivity index (χ0v) is 29.8. The third-order valence-electron chi connectivity index (χ3n) is 10.2. The van der Waals surface area contributed by atoms with Crippen LogP contribution in [0, 0.1) is 0 Å². The Morgan fingerprint density at radius 3 is 1.36 bits per heavy atom. The Bertz CT molecular complexity index is 2840. The Hall–Kier alpha value is -7.50. The summed E-state index contributed by atoms with van der Waals surface area (Å²) in [6.07, 6.45) is 7.16. The topological polar surface area (TPSA) is 56.5 Å². The molecular weight excluding hydrogens is 671 g/mol. The van der Waals surface area contributed by atoms with Crippen LogP contribution in [0.3, 0.4) is 0 Å². The molecule has 0 spiro atoms. The molecule has 55 heavy (non-hydrogen) atoms. The molecule has 0 bridgehead atoms. The maximum atomic E-state index is 5.04. The van der Waals surface area contributed by atoms with E-state index in [4.69, 9.17) is 9.97 Å². The lowest BCUT2D eigenvalue weighted by Gasteiger charge is -2.15. The van der Waals surface area contributed by atoms with Crippen LogP contribution >= 0.6 is 0 Å². The minimum atomic E-state index is 0.658. The van der Waals surface area contributed by atoms with Gasteiger partial charge in [0.2, 0.25) is 0 Å². The summed E-state index contributed by atoms with van der Waals surface area (Å²) in [5.41, 5.74) is 14.9. The lowest BCUT2D eigenvalue weighted by atomic mass is 9.95. The van der Waals surface area contributed by atoms with Crippen LogP contribution in [0.15, 0.2) is 201 Å². The molecule has 0 aliphatic rings. The molecule has 10 aromatic rings. The molecule has 0 amide bonds. The maximum absolute atomic E-state index is 5.04. The first-order valence-corrected chi connectivity index (χ1v) is 18.4. The van der Waals surface area contributed by atoms with E-state index >= 15 is 0 Å². The van der Waals surface area contributed by atoms with E-state index in [2.05, 4.69) is 160 Å². The largest absolute Gasteiger partial charge is 0.309 e. The van der Waals surface area contributed by atoms with Crippen molar-refractivity contribution in [2.75, 3.05) is 0 Å². The van der Waals surface area contributed by atoms with Gasteiger partial charge in [-0.05, 0) is 100 Å². The zero-order chi connectivity index (χ0) is 36.6. The molecule has 0 radical (unpaired) electrons. The number of aromatic nitrogens is 5. The molecule has 4 heterocycles. The molecule has 4 aromatic heterocycles. The molecule has 0 unspecified atom stereocenters. The van der Waals surface area contributed by atoms with Crippen LogP contribution in [0.25, 0.3) is 94.8 Å². The average molecular weight is 704 g/mol.